The van der Waals surface area contributed by atoms with Gasteiger partial charge in [-0.05, 0) is 58.6 Å². The summed E-state index contributed by atoms with van der Waals surface area (Å²) in [5, 5.41) is 0. The van der Waals surface area contributed by atoms with E-state index in [0.717, 1.165) is 5.56 Å². The highest BCUT2D eigenvalue weighted by Crippen LogP contribution is 2.41. The molecule has 0 radical (unpaired) electrons. The summed E-state index contributed by atoms with van der Waals surface area (Å²) in [6.07, 6.45) is -4.90. The Hall–Kier alpha value is -1.96. The maximum absolute atomic E-state index is 13.1. The minimum atomic E-state index is -4.38. The highest BCUT2D eigenvalue weighted by atomic mass is 79.9. The Kier molecular flexibility index (Phi) is 5.05. The van der Waals surface area contributed by atoms with Gasteiger partial charge in [0.1, 0.15) is 11.4 Å². The van der Waals surface area contributed by atoms with Crippen LogP contribution in [0.25, 0.3) is 11.3 Å². The Morgan fingerprint density at radius 1 is 1.31 bits per heavy atom. The van der Waals surface area contributed by atoms with Crippen LogP contribution in [0.4, 0.5) is 13.2 Å². The molecule has 0 bridgehead atoms. The predicted octanol–water partition coefficient (Wildman–Crippen LogP) is 4.76. The molecule has 0 atom stereocenters. The number of alkyl halides is 3. The van der Waals surface area contributed by atoms with Crippen molar-refractivity contribution in [2.24, 2.45) is 0 Å². The molecule has 0 amide bonds. The summed E-state index contributed by atoms with van der Waals surface area (Å²) in [4.78, 5) is 12.2. The van der Waals surface area contributed by atoms with Crippen LogP contribution in [0.3, 0.4) is 0 Å². The van der Waals surface area contributed by atoms with Crippen LogP contribution in [0.15, 0.2) is 22.7 Å². The number of esters is 1. The van der Waals surface area contributed by atoms with E-state index < -0.39 is 18.6 Å². The van der Waals surface area contributed by atoms with Gasteiger partial charge in [-0.3, -0.25) is 0 Å². The van der Waals surface area contributed by atoms with E-state index in [4.69, 9.17) is 9.47 Å². The predicted molar refractivity (Wildman–Crippen MR) is 93.5 cm³/mol. The Bertz CT molecular complexity index is 858. The first-order chi connectivity index (χ1) is 12.2. The molecule has 0 aliphatic carbocycles. The molecule has 1 aliphatic rings. The van der Waals surface area contributed by atoms with Gasteiger partial charge >= 0.3 is 12.1 Å². The van der Waals surface area contributed by atoms with Crippen LogP contribution in [-0.2, 0) is 24.1 Å². The van der Waals surface area contributed by atoms with Gasteiger partial charge < -0.3 is 14.0 Å². The first-order valence-corrected chi connectivity index (χ1v) is 8.87. The Balaban J connectivity index is 2.20. The van der Waals surface area contributed by atoms with Gasteiger partial charge in [0.25, 0.3) is 0 Å². The van der Waals surface area contributed by atoms with Gasteiger partial charge in [-0.1, -0.05) is 0 Å². The van der Waals surface area contributed by atoms with E-state index in [0.29, 0.717) is 34.4 Å². The molecule has 140 valence electrons. The van der Waals surface area contributed by atoms with Crippen LogP contribution in [0.1, 0.15) is 28.5 Å². The van der Waals surface area contributed by atoms with Gasteiger partial charge in [0.15, 0.2) is 0 Å². The third kappa shape index (κ3) is 3.47. The van der Waals surface area contributed by atoms with Crippen LogP contribution >= 0.6 is 15.9 Å². The first-order valence-electron chi connectivity index (χ1n) is 8.08. The number of carbonyl (C=O) groups excluding carboxylic acids is 1. The largest absolute Gasteiger partial charge is 0.496 e. The third-order valence-electron chi connectivity index (χ3n) is 4.29. The number of aryl methyl sites for hydroxylation is 1. The summed E-state index contributed by atoms with van der Waals surface area (Å²) in [6.45, 7) is 2.22. The van der Waals surface area contributed by atoms with E-state index in [1.165, 1.54) is 13.2 Å². The molecule has 1 aromatic carbocycles. The van der Waals surface area contributed by atoms with Crippen LogP contribution in [0.2, 0.25) is 0 Å². The van der Waals surface area contributed by atoms with E-state index in [1.807, 2.05) is 6.07 Å². The molecule has 0 N–H and O–H groups in total. The molecule has 8 heteroatoms. The minimum Gasteiger partial charge on any atom is -0.496 e. The highest BCUT2D eigenvalue weighted by Gasteiger charge is 2.34. The molecule has 1 aliphatic heterocycles. The van der Waals surface area contributed by atoms with Gasteiger partial charge in [-0.25, -0.2) is 4.79 Å². The van der Waals surface area contributed by atoms with E-state index in [9.17, 15) is 18.0 Å². The smallest absolute Gasteiger partial charge is 0.393 e. The number of nitrogens with zero attached hydrogens (tertiary/aromatic N) is 1. The average Bonchev–Trinajstić information content (AvgIpc) is 2.91. The van der Waals surface area contributed by atoms with Gasteiger partial charge in [0, 0.05) is 12.1 Å². The number of rotatable bonds is 4. The topological polar surface area (TPSA) is 40.5 Å². The monoisotopic (exact) mass is 431 g/mol. The van der Waals surface area contributed by atoms with Crippen molar-refractivity contribution in [3.63, 3.8) is 0 Å². The zero-order valence-electron chi connectivity index (χ0n) is 14.2. The molecule has 0 saturated carbocycles. The Morgan fingerprint density at radius 2 is 2.04 bits per heavy atom. The average molecular weight is 432 g/mol. The van der Waals surface area contributed by atoms with Crippen molar-refractivity contribution in [3.05, 3.63) is 39.5 Å². The quantitative estimate of drug-likeness (QED) is 0.655. The van der Waals surface area contributed by atoms with Crippen molar-refractivity contribution in [1.82, 2.24) is 4.57 Å². The van der Waals surface area contributed by atoms with E-state index >= 15 is 0 Å². The number of methoxy groups -OCH3 is 1. The van der Waals surface area contributed by atoms with Crippen LogP contribution in [-0.4, -0.2) is 30.4 Å². The highest BCUT2D eigenvalue weighted by molar-refractivity contribution is 9.10. The van der Waals surface area contributed by atoms with Gasteiger partial charge in [0.2, 0.25) is 0 Å². The van der Waals surface area contributed by atoms with E-state index in [-0.39, 0.29) is 17.9 Å². The minimum absolute atomic E-state index is 0.0681. The second-order valence-electron chi connectivity index (χ2n) is 5.96. The number of carbonyl (C=O) groups is 1. The molecular formula is C18H17BrF3NO3. The fraction of sp³-hybridized carbons (Fsp3) is 0.389. The number of hydrogen-bond donors (Lipinski definition) is 0. The maximum Gasteiger partial charge on any atom is 0.393 e. The molecule has 26 heavy (non-hydrogen) atoms. The van der Waals surface area contributed by atoms with E-state index in [2.05, 4.69) is 15.9 Å². The lowest BCUT2D eigenvalue weighted by Gasteiger charge is -2.23. The van der Waals surface area contributed by atoms with Crippen molar-refractivity contribution in [2.45, 2.75) is 32.5 Å². The molecule has 2 aromatic rings. The number of ether oxygens (including phenoxy) is 2. The number of aromatic nitrogens is 1. The fourth-order valence-corrected chi connectivity index (χ4v) is 3.80. The van der Waals surface area contributed by atoms with Gasteiger partial charge in [-0.15, -0.1) is 0 Å². The summed E-state index contributed by atoms with van der Waals surface area (Å²) < 4.78 is 51.8. The summed E-state index contributed by atoms with van der Waals surface area (Å²) in [5.74, 6) is 0.00458. The lowest BCUT2D eigenvalue weighted by molar-refractivity contribution is -0.127. The molecule has 4 nitrogen and oxygen atoms in total. The normalized spacial score (nSPS) is 13.2. The molecule has 0 fully saturated rings. The van der Waals surface area contributed by atoms with Crippen LogP contribution in [0.5, 0.6) is 5.75 Å². The van der Waals surface area contributed by atoms with Gasteiger partial charge in [0.05, 0.1) is 30.3 Å². The van der Waals surface area contributed by atoms with Crippen molar-refractivity contribution < 1.29 is 27.4 Å². The molecule has 1 aromatic heterocycles. The summed E-state index contributed by atoms with van der Waals surface area (Å²) >= 11 is 3.39. The molecule has 0 saturated heterocycles. The Labute approximate surface area is 157 Å². The van der Waals surface area contributed by atoms with E-state index in [1.54, 1.807) is 17.6 Å². The molecule has 2 heterocycles. The number of benzene rings is 1. The first kappa shape index (κ1) is 18.8. The third-order valence-corrected chi connectivity index (χ3v) is 4.91. The molecule has 0 spiro atoms. The van der Waals surface area contributed by atoms with Crippen molar-refractivity contribution in [2.75, 3.05) is 13.7 Å². The summed E-state index contributed by atoms with van der Waals surface area (Å²) in [7, 11) is 1.53. The zero-order chi connectivity index (χ0) is 19.1. The van der Waals surface area contributed by atoms with Crippen molar-refractivity contribution in [1.29, 1.82) is 0 Å². The van der Waals surface area contributed by atoms with Gasteiger partial charge in [-0.2, -0.15) is 13.2 Å². The molecular weight excluding hydrogens is 415 g/mol. The molecule has 0 unspecified atom stereocenters. The van der Waals surface area contributed by atoms with Crippen LogP contribution in [0, 0.1) is 0 Å². The van der Waals surface area contributed by atoms with Crippen molar-refractivity contribution in [3.8, 4) is 17.0 Å². The maximum atomic E-state index is 13.1. The second-order valence-corrected chi connectivity index (χ2v) is 6.82. The number of hydrogen-bond acceptors (Lipinski definition) is 3. The lowest BCUT2D eigenvalue weighted by Crippen LogP contribution is -2.18. The summed E-state index contributed by atoms with van der Waals surface area (Å²) in [5.41, 5.74) is 2.18. The number of fused-ring (bicyclic) bond motifs is 3. The van der Waals surface area contributed by atoms with Crippen LogP contribution < -0.4 is 4.74 Å². The standard InChI is InChI=1S/C18H17BrF3NO3/c1-3-26-17(24)14-6-11(9-18(20,21)22)16-12-8-13(19)15(25-2)7-10(12)4-5-23(14)16/h6-8H,3-5,9H2,1-2H3. The van der Waals surface area contributed by atoms with Crippen molar-refractivity contribution >= 4 is 21.9 Å². The number of halogens is 4. The SMILES string of the molecule is CCOC(=O)c1cc(CC(F)(F)F)c2n1CCc1cc(OC)c(Br)cc1-2. The fourth-order valence-electron chi connectivity index (χ4n) is 3.29. The summed E-state index contributed by atoms with van der Waals surface area (Å²) in [6, 6.07) is 4.86. The second kappa shape index (κ2) is 6.98. The lowest BCUT2D eigenvalue weighted by atomic mass is 9.95. The zero-order valence-corrected chi connectivity index (χ0v) is 15.8. The Morgan fingerprint density at radius 3 is 2.65 bits per heavy atom. The molecule has 3 rings (SSSR count).